The van der Waals surface area contributed by atoms with Crippen LogP contribution in [-0.4, -0.2) is 62.4 Å². The van der Waals surface area contributed by atoms with E-state index in [1.165, 1.54) is 4.52 Å². The van der Waals surface area contributed by atoms with Gasteiger partial charge >= 0.3 is 319 Å². The van der Waals surface area contributed by atoms with Gasteiger partial charge in [0.1, 0.15) is 0 Å². The number of fused-ring (bicyclic) bond motifs is 1. The van der Waals surface area contributed by atoms with Crippen LogP contribution in [0.2, 0.25) is 0 Å². The number of benzene rings is 1. The number of carbonyl (C=O) groups excluding carboxylic acids is 3. The third-order valence-corrected chi connectivity index (χ3v) is 11.8. The number of nitrogens with one attached hydrogen (secondary N) is 1. The summed E-state index contributed by atoms with van der Waals surface area (Å²) in [7, 11) is 0. The first kappa shape index (κ1) is 41.9. The number of hydrogen-bond donors (Lipinski definition) is 1. The van der Waals surface area contributed by atoms with Gasteiger partial charge in [-0.05, 0) is 0 Å². The number of H-pyrrole nitrogens is 1. The molecule has 13 heteroatoms. The molecule has 1 saturated carbocycles. The quantitative estimate of drug-likeness (QED) is 0.0898. The Labute approximate surface area is 318 Å². The molecular formula is C40H57CoN5O7. The topological polar surface area (TPSA) is 137 Å². The van der Waals surface area contributed by atoms with E-state index in [4.69, 9.17) is 25.9 Å². The minimum absolute atomic E-state index is 0.0387. The second kappa shape index (κ2) is 16.2. The number of ether oxygens (including phenoxy) is 3. The number of carbonyl (C=O) groups is 3. The zero-order valence-electron chi connectivity index (χ0n) is 33.3. The summed E-state index contributed by atoms with van der Waals surface area (Å²) in [5.74, 6) is -1.11. The molecule has 1 N–H and O–H groups in total. The van der Waals surface area contributed by atoms with Gasteiger partial charge in [-0.1, -0.05) is 0 Å². The fourth-order valence-electron chi connectivity index (χ4n) is 7.00. The molecule has 1 aromatic carbocycles. The number of esters is 3. The van der Waals surface area contributed by atoms with E-state index in [1.54, 1.807) is 13.8 Å². The molecule has 1 aliphatic carbocycles. The van der Waals surface area contributed by atoms with Crippen molar-refractivity contribution < 1.29 is 46.3 Å². The van der Waals surface area contributed by atoms with Crippen LogP contribution < -0.4 is 4.63 Å². The Hall–Kier alpha value is -3.86. The van der Waals surface area contributed by atoms with E-state index >= 15 is 0 Å². The van der Waals surface area contributed by atoms with Gasteiger partial charge < -0.3 is 0 Å². The predicted octanol–water partition coefficient (Wildman–Crippen LogP) is 7.74. The van der Waals surface area contributed by atoms with Crippen LogP contribution in [-0.2, 0) is 46.9 Å². The van der Waals surface area contributed by atoms with Crippen LogP contribution in [0.15, 0.2) is 24.3 Å². The van der Waals surface area contributed by atoms with Crippen LogP contribution in [0.4, 0.5) is 5.69 Å². The van der Waals surface area contributed by atoms with Crippen molar-refractivity contribution in [1.29, 1.82) is 0 Å². The summed E-state index contributed by atoms with van der Waals surface area (Å²) < 4.78 is 33.9. The monoisotopic (exact) mass is 778 g/mol. The summed E-state index contributed by atoms with van der Waals surface area (Å²) in [5, 5.41) is 4.76. The molecule has 3 aromatic rings. The Morgan fingerprint density at radius 1 is 0.962 bits per heavy atom. The fourth-order valence-corrected chi connectivity index (χ4v) is 8.54. The van der Waals surface area contributed by atoms with Crippen LogP contribution in [0.1, 0.15) is 118 Å². The van der Waals surface area contributed by atoms with Crippen molar-refractivity contribution in [3.05, 3.63) is 46.8 Å². The molecule has 0 aliphatic heterocycles. The van der Waals surface area contributed by atoms with E-state index < -0.39 is 51.1 Å². The summed E-state index contributed by atoms with van der Waals surface area (Å²) in [6.07, 6.45) is 1.36. The maximum absolute atomic E-state index is 14.7. The second-order valence-electron chi connectivity index (χ2n) is 17.2. The molecule has 2 unspecified atom stereocenters. The Morgan fingerprint density at radius 2 is 1.55 bits per heavy atom. The van der Waals surface area contributed by atoms with Gasteiger partial charge in [0.15, 0.2) is 0 Å². The number of aromatic nitrogens is 3. The van der Waals surface area contributed by atoms with Gasteiger partial charge in [-0.15, -0.1) is 0 Å². The molecule has 2 aromatic heterocycles. The molecular weight excluding hydrogens is 721 g/mol. The SMILES string of the molecule is [C-]#[N+]c1c(C(=O)OC2C(C(C)(C)C)CC(C)CC2C(C)(C)C)c2[nH]c(-c3ccc(C(C)(C)C)cc3)nn2[c]1[Co](=[O])[N](COC(=O)CC)CC(=O)OCC. The molecule has 0 saturated heterocycles. The Kier molecular flexibility index (Phi) is 12.8. The normalized spacial score (nSPS) is 19.9. The zero-order valence-corrected chi connectivity index (χ0v) is 34.4. The maximum atomic E-state index is 14.7. The van der Waals surface area contributed by atoms with E-state index in [2.05, 4.69) is 79.1 Å². The number of aromatic amines is 1. The molecule has 0 amide bonds. The van der Waals surface area contributed by atoms with Crippen LogP contribution >= 0.6 is 0 Å². The van der Waals surface area contributed by atoms with Crippen molar-refractivity contribution in [2.45, 2.75) is 114 Å². The summed E-state index contributed by atoms with van der Waals surface area (Å²) in [4.78, 5) is 46.5. The van der Waals surface area contributed by atoms with E-state index in [9.17, 15) is 18.2 Å². The summed E-state index contributed by atoms with van der Waals surface area (Å²) in [6, 6.07) is 7.82. The molecule has 1 fully saturated rings. The minimum atomic E-state index is -2.81. The van der Waals surface area contributed by atoms with Crippen LogP contribution in [0.25, 0.3) is 21.9 Å². The first-order valence-corrected chi connectivity index (χ1v) is 19.7. The third-order valence-electron chi connectivity index (χ3n) is 9.97. The zero-order chi connectivity index (χ0) is 39.6. The second-order valence-corrected chi connectivity index (χ2v) is 18.9. The van der Waals surface area contributed by atoms with Crippen molar-refractivity contribution in [2.24, 2.45) is 28.6 Å². The predicted molar refractivity (Wildman–Crippen MR) is 198 cm³/mol. The molecule has 0 bridgehead atoms. The molecule has 53 heavy (non-hydrogen) atoms. The molecule has 4 rings (SSSR count). The van der Waals surface area contributed by atoms with Crippen LogP contribution in [0, 0.1) is 35.2 Å². The molecule has 0 spiro atoms. The molecule has 0 radical (unpaired) electrons. The van der Waals surface area contributed by atoms with Crippen LogP contribution in [0.5, 0.6) is 0 Å². The van der Waals surface area contributed by atoms with E-state index in [1.807, 2.05) is 24.3 Å². The van der Waals surface area contributed by atoms with E-state index in [0.717, 1.165) is 22.4 Å². The molecule has 293 valence electrons. The first-order valence-electron chi connectivity index (χ1n) is 18.3. The van der Waals surface area contributed by atoms with Crippen molar-refractivity contribution >= 4 is 33.9 Å². The van der Waals surface area contributed by atoms with Crippen molar-refractivity contribution in [3.63, 3.8) is 0 Å². The van der Waals surface area contributed by atoms with E-state index in [0.29, 0.717) is 17.3 Å². The number of hydrogen-bond acceptors (Lipinski definition) is 8. The fraction of sp³-hybridized carbons (Fsp3) is 0.625. The Morgan fingerprint density at radius 3 is 2.04 bits per heavy atom. The van der Waals surface area contributed by atoms with Gasteiger partial charge in [0.2, 0.25) is 0 Å². The Balaban J connectivity index is 1.93. The standard InChI is InChI=1S/C32H43N4O2.C8H14NO4.Co.O/c1-19-16-22(31(5,6)7)26(23(17-19)32(8,9)10)38-29(37)25-24(33-11)18-36-28(25)34-27(35-36)20-12-14-21(15-13-20)30(2,3)4;1-3-7(10)13-6-9-5-8(11)12-4-2;;/h12-15,19,22-23,26H,16-17H2,1-10H3,(H,34,35);3-6H2,1-2H3;;/q;-1;+1;. The molecule has 12 nitrogen and oxygen atoms in total. The third kappa shape index (κ3) is 9.45. The van der Waals surface area contributed by atoms with Gasteiger partial charge in [0.25, 0.3) is 0 Å². The average molecular weight is 779 g/mol. The summed E-state index contributed by atoms with van der Waals surface area (Å²) >= 11 is -2.81. The average Bonchev–Trinajstić information content (AvgIpc) is 3.62. The molecule has 2 atom stereocenters. The van der Waals surface area contributed by atoms with Crippen molar-refractivity contribution in [3.8, 4) is 11.4 Å². The molecule has 1 aliphatic rings. The van der Waals surface area contributed by atoms with Crippen molar-refractivity contribution in [1.82, 2.24) is 18.5 Å². The van der Waals surface area contributed by atoms with Crippen molar-refractivity contribution in [2.75, 3.05) is 19.9 Å². The number of rotatable bonds is 11. The van der Waals surface area contributed by atoms with Gasteiger partial charge in [0.05, 0.1) is 0 Å². The number of nitrogens with zero attached hydrogens (tertiary/aromatic N) is 4. The summed E-state index contributed by atoms with van der Waals surface area (Å²) in [5.41, 5.74) is 1.19. The van der Waals surface area contributed by atoms with Gasteiger partial charge in [0, 0.05) is 0 Å². The van der Waals surface area contributed by atoms with Gasteiger partial charge in [-0.3, -0.25) is 0 Å². The Bertz CT molecular complexity index is 1840. The first-order chi connectivity index (χ1) is 24.6. The summed E-state index contributed by atoms with van der Waals surface area (Å²) in [6.45, 7) is 32.2. The van der Waals surface area contributed by atoms with E-state index in [-0.39, 0.29) is 62.6 Å². The van der Waals surface area contributed by atoms with Gasteiger partial charge in [-0.2, -0.15) is 0 Å². The van der Waals surface area contributed by atoms with Gasteiger partial charge in [-0.25, -0.2) is 0 Å². The van der Waals surface area contributed by atoms with Crippen LogP contribution in [0.3, 0.4) is 0 Å². The molecule has 2 heterocycles.